The fourth-order valence-electron chi connectivity index (χ4n) is 1.44. The lowest BCUT2D eigenvalue weighted by Crippen LogP contribution is -2.02. The zero-order valence-electron chi connectivity index (χ0n) is 9.57. The van der Waals surface area contributed by atoms with Crippen molar-refractivity contribution < 1.29 is 9.84 Å². The molecular weight excluding hydrogens is 188 g/mol. The first-order chi connectivity index (χ1) is 7.18. The minimum absolute atomic E-state index is 0.191. The molecule has 1 aromatic carbocycles. The highest BCUT2D eigenvalue weighted by Gasteiger charge is 1.97. The molecule has 0 saturated carbocycles. The van der Waals surface area contributed by atoms with E-state index in [-0.39, 0.29) is 6.10 Å². The van der Waals surface area contributed by atoms with Crippen molar-refractivity contribution in [2.24, 2.45) is 0 Å². The van der Waals surface area contributed by atoms with Crippen LogP contribution in [0.3, 0.4) is 0 Å². The Bertz CT molecular complexity index is 282. The van der Waals surface area contributed by atoms with Crippen LogP contribution in [0.25, 0.3) is 0 Å². The minimum atomic E-state index is -0.191. The van der Waals surface area contributed by atoms with E-state index in [4.69, 9.17) is 9.84 Å². The number of ether oxygens (including phenoxy) is 1. The summed E-state index contributed by atoms with van der Waals surface area (Å²) in [6.07, 6.45) is 2.68. The Balaban J connectivity index is 2.15. The normalized spacial score (nSPS) is 12.5. The number of unbranched alkanes of at least 4 members (excludes halogenated alkanes) is 1. The SMILES string of the molecule is Cc1cccc(OCCCCC(C)O)c1. The summed E-state index contributed by atoms with van der Waals surface area (Å²) in [5.74, 6) is 0.937. The van der Waals surface area contributed by atoms with E-state index < -0.39 is 0 Å². The van der Waals surface area contributed by atoms with E-state index in [2.05, 4.69) is 13.0 Å². The van der Waals surface area contributed by atoms with Gasteiger partial charge in [-0.25, -0.2) is 0 Å². The largest absolute Gasteiger partial charge is 0.494 e. The van der Waals surface area contributed by atoms with Crippen LogP contribution < -0.4 is 4.74 Å². The number of rotatable bonds is 6. The average molecular weight is 208 g/mol. The smallest absolute Gasteiger partial charge is 0.119 e. The van der Waals surface area contributed by atoms with Gasteiger partial charge in [0.15, 0.2) is 0 Å². The second kappa shape index (κ2) is 6.46. The van der Waals surface area contributed by atoms with Gasteiger partial charge >= 0.3 is 0 Å². The highest BCUT2D eigenvalue weighted by Crippen LogP contribution is 2.13. The van der Waals surface area contributed by atoms with Crippen molar-refractivity contribution in [3.63, 3.8) is 0 Å². The monoisotopic (exact) mass is 208 g/mol. The highest BCUT2D eigenvalue weighted by molar-refractivity contribution is 5.27. The number of hydrogen-bond acceptors (Lipinski definition) is 2. The quantitative estimate of drug-likeness (QED) is 0.728. The third-order valence-corrected chi connectivity index (χ3v) is 2.27. The van der Waals surface area contributed by atoms with Gasteiger partial charge in [-0.2, -0.15) is 0 Å². The lowest BCUT2D eigenvalue weighted by Gasteiger charge is -2.07. The van der Waals surface area contributed by atoms with Crippen LogP contribution in [0.5, 0.6) is 5.75 Å². The summed E-state index contributed by atoms with van der Waals surface area (Å²) in [4.78, 5) is 0. The Hall–Kier alpha value is -1.02. The molecule has 0 radical (unpaired) electrons. The number of hydrogen-bond donors (Lipinski definition) is 1. The van der Waals surface area contributed by atoms with Gasteiger partial charge < -0.3 is 9.84 Å². The molecule has 15 heavy (non-hydrogen) atoms. The van der Waals surface area contributed by atoms with E-state index in [0.717, 1.165) is 31.6 Å². The molecular formula is C13H20O2. The first kappa shape index (κ1) is 12.1. The van der Waals surface area contributed by atoms with Crippen molar-refractivity contribution in [3.05, 3.63) is 29.8 Å². The molecule has 0 bridgehead atoms. The zero-order valence-corrected chi connectivity index (χ0v) is 9.57. The standard InChI is InChI=1S/C13H20O2/c1-11-6-5-8-13(10-11)15-9-4-3-7-12(2)14/h5-6,8,10,12,14H,3-4,7,9H2,1-2H3. The van der Waals surface area contributed by atoms with Gasteiger partial charge in [-0.15, -0.1) is 0 Å². The molecule has 0 spiro atoms. The van der Waals surface area contributed by atoms with Crippen LogP contribution in [0.15, 0.2) is 24.3 Å². The fourth-order valence-corrected chi connectivity index (χ4v) is 1.44. The second-order valence-corrected chi connectivity index (χ2v) is 4.01. The van der Waals surface area contributed by atoms with Crippen LogP contribution in [0.2, 0.25) is 0 Å². The summed E-state index contributed by atoms with van der Waals surface area (Å²) in [6.45, 7) is 4.61. The Morgan fingerprint density at radius 3 is 2.80 bits per heavy atom. The lowest BCUT2D eigenvalue weighted by atomic mass is 10.2. The topological polar surface area (TPSA) is 29.5 Å². The fraction of sp³-hybridized carbons (Fsp3) is 0.538. The Morgan fingerprint density at radius 2 is 2.13 bits per heavy atom. The first-order valence-corrected chi connectivity index (χ1v) is 5.56. The number of benzene rings is 1. The van der Waals surface area contributed by atoms with E-state index in [1.165, 1.54) is 5.56 Å². The lowest BCUT2D eigenvalue weighted by molar-refractivity contribution is 0.177. The summed E-state index contributed by atoms with van der Waals surface area (Å²) < 4.78 is 5.59. The van der Waals surface area contributed by atoms with Gasteiger partial charge in [0.1, 0.15) is 5.75 Å². The summed E-state index contributed by atoms with van der Waals surface area (Å²) in [5.41, 5.74) is 1.22. The molecule has 1 atom stereocenters. The number of aryl methyl sites for hydroxylation is 1. The molecule has 0 aliphatic carbocycles. The van der Waals surface area contributed by atoms with Gasteiger partial charge in [0.25, 0.3) is 0 Å². The van der Waals surface area contributed by atoms with E-state index in [1.807, 2.05) is 25.1 Å². The van der Waals surface area contributed by atoms with Crippen LogP contribution in [0, 0.1) is 6.92 Å². The molecule has 2 heteroatoms. The molecule has 0 aromatic heterocycles. The maximum atomic E-state index is 9.06. The van der Waals surface area contributed by atoms with Crippen molar-refractivity contribution >= 4 is 0 Å². The number of aliphatic hydroxyl groups is 1. The van der Waals surface area contributed by atoms with Gasteiger partial charge in [0.05, 0.1) is 12.7 Å². The van der Waals surface area contributed by atoms with Crippen LogP contribution in [0.1, 0.15) is 31.7 Å². The van der Waals surface area contributed by atoms with Crippen LogP contribution in [-0.2, 0) is 0 Å². The Kier molecular flexibility index (Phi) is 5.19. The summed E-state index contributed by atoms with van der Waals surface area (Å²) in [5, 5.41) is 9.06. The molecule has 0 heterocycles. The van der Waals surface area contributed by atoms with Crippen LogP contribution in [-0.4, -0.2) is 17.8 Å². The summed E-state index contributed by atoms with van der Waals surface area (Å²) in [7, 11) is 0. The molecule has 1 aromatic rings. The zero-order chi connectivity index (χ0) is 11.1. The van der Waals surface area contributed by atoms with E-state index in [1.54, 1.807) is 0 Å². The molecule has 0 fully saturated rings. The second-order valence-electron chi connectivity index (χ2n) is 4.01. The molecule has 0 amide bonds. The average Bonchev–Trinajstić information content (AvgIpc) is 2.17. The first-order valence-electron chi connectivity index (χ1n) is 5.56. The molecule has 0 aliphatic rings. The predicted molar refractivity (Wildman–Crippen MR) is 62.2 cm³/mol. The maximum Gasteiger partial charge on any atom is 0.119 e. The van der Waals surface area contributed by atoms with Crippen molar-refractivity contribution in [2.45, 2.75) is 39.2 Å². The van der Waals surface area contributed by atoms with Gasteiger partial charge in [-0.05, 0) is 50.8 Å². The van der Waals surface area contributed by atoms with Crippen molar-refractivity contribution in [1.29, 1.82) is 0 Å². The highest BCUT2D eigenvalue weighted by atomic mass is 16.5. The Morgan fingerprint density at radius 1 is 1.33 bits per heavy atom. The van der Waals surface area contributed by atoms with Gasteiger partial charge in [-0.1, -0.05) is 12.1 Å². The van der Waals surface area contributed by atoms with Gasteiger partial charge in [0, 0.05) is 0 Å². The summed E-state index contributed by atoms with van der Waals surface area (Å²) in [6, 6.07) is 8.07. The summed E-state index contributed by atoms with van der Waals surface area (Å²) >= 11 is 0. The van der Waals surface area contributed by atoms with Crippen molar-refractivity contribution in [2.75, 3.05) is 6.61 Å². The van der Waals surface area contributed by atoms with Gasteiger partial charge in [-0.3, -0.25) is 0 Å². The number of aliphatic hydroxyl groups excluding tert-OH is 1. The third-order valence-electron chi connectivity index (χ3n) is 2.27. The van der Waals surface area contributed by atoms with Crippen molar-refractivity contribution in [3.8, 4) is 5.75 Å². The Labute approximate surface area is 91.9 Å². The van der Waals surface area contributed by atoms with Gasteiger partial charge in [0.2, 0.25) is 0 Å². The molecule has 84 valence electrons. The molecule has 0 saturated heterocycles. The van der Waals surface area contributed by atoms with Crippen molar-refractivity contribution in [1.82, 2.24) is 0 Å². The predicted octanol–water partition coefficient (Wildman–Crippen LogP) is 2.92. The molecule has 2 nitrogen and oxygen atoms in total. The van der Waals surface area contributed by atoms with E-state index >= 15 is 0 Å². The molecule has 1 unspecified atom stereocenters. The molecule has 1 N–H and O–H groups in total. The van der Waals surface area contributed by atoms with E-state index in [0.29, 0.717) is 0 Å². The maximum absolute atomic E-state index is 9.06. The minimum Gasteiger partial charge on any atom is -0.494 e. The molecule has 1 rings (SSSR count). The van der Waals surface area contributed by atoms with Crippen LogP contribution >= 0.6 is 0 Å². The van der Waals surface area contributed by atoms with E-state index in [9.17, 15) is 0 Å². The molecule has 0 aliphatic heterocycles. The van der Waals surface area contributed by atoms with Crippen LogP contribution in [0.4, 0.5) is 0 Å². The third kappa shape index (κ3) is 5.43.